The van der Waals surface area contributed by atoms with Crippen molar-refractivity contribution < 1.29 is 35.8 Å². The van der Waals surface area contributed by atoms with E-state index in [1.165, 1.54) is 0 Å². The fraction of sp³-hybridized carbons (Fsp3) is 0.667. The molecule has 9 heteroatoms. The Hall–Kier alpha value is -0.0600. The molecule has 0 unspecified atom stereocenters. The summed E-state index contributed by atoms with van der Waals surface area (Å²) in [4.78, 5) is 0. The van der Waals surface area contributed by atoms with Gasteiger partial charge in [0.15, 0.2) is 0 Å². The van der Waals surface area contributed by atoms with E-state index >= 15 is 0 Å². The highest BCUT2D eigenvalue weighted by Gasteiger charge is 2.72. The van der Waals surface area contributed by atoms with Gasteiger partial charge in [-0.3, -0.25) is 0 Å². The van der Waals surface area contributed by atoms with Crippen LogP contribution in [0.2, 0.25) is 0 Å². The van der Waals surface area contributed by atoms with Gasteiger partial charge in [0.25, 0.3) is 0 Å². The normalized spacial score (nSPS) is 15.7. The molecule has 0 atom stereocenters. The Labute approximate surface area is 93.1 Å². The topological polar surface area (TPSA) is 20.2 Å². The van der Waals surface area contributed by atoms with Crippen molar-refractivity contribution in [2.24, 2.45) is 0 Å². The molecule has 0 spiro atoms. The first-order valence-electron chi connectivity index (χ1n) is 3.26. The molecule has 0 saturated carbocycles. The van der Waals surface area contributed by atoms with Gasteiger partial charge in [-0.2, -0.15) is 30.7 Å². The van der Waals surface area contributed by atoms with Crippen LogP contribution in [-0.4, -0.2) is 29.7 Å². The first kappa shape index (κ1) is 14.9. The predicted octanol–water partition coefficient (Wildman–Crippen LogP) is 3.13. The van der Waals surface area contributed by atoms with Crippen molar-refractivity contribution in [3.8, 4) is 0 Å². The lowest BCUT2D eigenvalue weighted by Crippen LogP contribution is -2.50. The molecule has 0 amide bonds. The summed E-state index contributed by atoms with van der Waals surface area (Å²) in [5.74, 6) is -11.5. The Morgan fingerprint density at radius 1 is 1.07 bits per heavy atom. The molecule has 0 fully saturated rings. The van der Waals surface area contributed by atoms with Gasteiger partial charge >= 0.3 is 18.0 Å². The number of halogens is 8. The predicted molar refractivity (Wildman–Crippen MR) is 45.1 cm³/mol. The highest BCUT2D eigenvalue weighted by atomic mass is 127. The number of alkyl halides is 7. The fourth-order valence-electron chi connectivity index (χ4n) is 0.522. The van der Waals surface area contributed by atoms with Crippen LogP contribution in [0, 0.1) is 0 Å². The largest absolute Gasteiger partial charge is 0.460 e. The Balaban J connectivity index is 5.20. The summed E-state index contributed by atoms with van der Waals surface area (Å²) < 4.78 is 83.3. The van der Waals surface area contributed by atoms with E-state index in [0.29, 0.717) is 0 Å². The maximum atomic E-state index is 12.5. The molecule has 0 aliphatic carbocycles. The number of rotatable bonds is 3. The minimum absolute atomic E-state index is 0.610. The summed E-state index contributed by atoms with van der Waals surface area (Å²) in [6, 6.07) is 0. The van der Waals surface area contributed by atoms with Crippen molar-refractivity contribution in [1.29, 1.82) is 0 Å². The van der Waals surface area contributed by atoms with Gasteiger partial charge in [-0.05, 0) is 22.6 Å². The molecule has 90 valence electrons. The minimum Gasteiger partial charge on any atom is -0.391 e. The van der Waals surface area contributed by atoms with E-state index in [1.807, 2.05) is 0 Å². The molecule has 0 aliphatic heterocycles. The zero-order valence-corrected chi connectivity index (χ0v) is 8.91. The first-order valence-corrected chi connectivity index (χ1v) is 4.34. The summed E-state index contributed by atoms with van der Waals surface area (Å²) in [7, 11) is 0. The zero-order chi connectivity index (χ0) is 12.5. The second-order valence-electron chi connectivity index (χ2n) is 2.44. The third kappa shape index (κ3) is 3.20. The number of allylic oxidation sites excluding steroid dienone is 1. The van der Waals surface area contributed by atoms with Crippen molar-refractivity contribution in [1.82, 2.24) is 0 Å². The molecule has 0 aliphatic rings. The summed E-state index contributed by atoms with van der Waals surface area (Å²) in [5.41, 5.74) is 0. The van der Waals surface area contributed by atoms with E-state index in [9.17, 15) is 30.7 Å². The molecule has 0 heterocycles. The molecule has 0 rings (SSSR count). The number of aliphatic hydroxyl groups excluding tert-OH is 1. The van der Waals surface area contributed by atoms with Crippen molar-refractivity contribution >= 4 is 22.6 Å². The van der Waals surface area contributed by atoms with Crippen molar-refractivity contribution in [2.75, 3.05) is 6.61 Å². The first-order chi connectivity index (χ1) is 6.45. The summed E-state index contributed by atoms with van der Waals surface area (Å²) in [6.45, 7) is -1.04. The monoisotopic (exact) mass is 352 g/mol. The summed E-state index contributed by atoms with van der Waals surface area (Å²) in [6.07, 6.45) is -6.96. The van der Waals surface area contributed by atoms with Crippen molar-refractivity contribution in [3.63, 3.8) is 0 Å². The van der Waals surface area contributed by atoms with Gasteiger partial charge in [-0.25, -0.2) is 0 Å². The second-order valence-corrected chi connectivity index (χ2v) is 3.83. The van der Waals surface area contributed by atoms with E-state index in [4.69, 9.17) is 5.11 Å². The maximum Gasteiger partial charge on any atom is 0.460 e. The standard InChI is InChI=1S/C6H4F7IO/c7-4(8,1-3(14)2-15)5(9,10)6(11,12)13/h1,15H,2H2/b3-1-. The molecular formula is C6H4F7IO. The molecule has 0 aromatic rings. The third-order valence-electron chi connectivity index (χ3n) is 1.26. The van der Waals surface area contributed by atoms with Crippen molar-refractivity contribution in [2.45, 2.75) is 18.0 Å². The molecule has 1 N–H and O–H groups in total. The van der Waals surface area contributed by atoms with Crippen LogP contribution in [0.15, 0.2) is 9.66 Å². The smallest absolute Gasteiger partial charge is 0.391 e. The van der Waals surface area contributed by atoms with E-state index < -0.39 is 34.3 Å². The molecule has 1 nitrogen and oxygen atoms in total. The van der Waals surface area contributed by atoms with Crippen LogP contribution in [0.1, 0.15) is 0 Å². The van der Waals surface area contributed by atoms with Crippen molar-refractivity contribution in [3.05, 3.63) is 9.66 Å². The van der Waals surface area contributed by atoms with Crippen LogP contribution >= 0.6 is 22.6 Å². The highest BCUT2D eigenvalue weighted by molar-refractivity contribution is 14.1. The Kier molecular flexibility index (Phi) is 4.42. The van der Waals surface area contributed by atoms with Gasteiger partial charge in [-0.1, -0.05) is 0 Å². The number of aliphatic hydroxyl groups is 1. The number of hydrogen-bond acceptors (Lipinski definition) is 1. The Bertz CT molecular complexity index is 257. The van der Waals surface area contributed by atoms with Crippen LogP contribution in [0.5, 0.6) is 0 Å². The summed E-state index contributed by atoms with van der Waals surface area (Å²) >= 11 is 1.03. The lowest BCUT2D eigenvalue weighted by Gasteiger charge is -2.26. The van der Waals surface area contributed by atoms with Gasteiger partial charge in [0.1, 0.15) is 0 Å². The van der Waals surface area contributed by atoms with E-state index in [2.05, 4.69) is 0 Å². The number of hydrogen-bond donors (Lipinski definition) is 1. The van der Waals surface area contributed by atoms with Crippen LogP contribution in [0.3, 0.4) is 0 Å². The zero-order valence-electron chi connectivity index (χ0n) is 6.76. The van der Waals surface area contributed by atoms with E-state index in [0.717, 1.165) is 22.6 Å². The van der Waals surface area contributed by atoms with Gasteiger partial charge < -0.3 is 5.11 Å². The quantitative estimate of drug-likeness (QED) is 0.611. The molecule has 15 heavy (non-hydrogen) atoms. The lowest BCUT2D eigenvalue weighted by atomic mass is 10.1. The highest BCUT2D eigenvalue weighted by Crippen LogP contribution is 2.47. The lowest BCUT2D eigenvalue weighted by molar-refractivity contribution is -0.341. The van der Waals surface area contributed by atoms with Crippen LogP contribution in [0.4, 0.5) is 30.7 Å². The molecular weight excluding hydrogens is 348 g/mol. The van der Waals surface area contributed by atoms with Gasteiger partial charge in [0.05, 0.1) is 6.61 Å². The van der Waals surface area contributed by atoms with E-state index in [1.54, 1.807) is 0 Å². The molecule has 0 aromatic heterocycles. The average Bonchev–Trinajstić information content (AvgIpc) is 2.00. The van der Waals surface area contributed by atoms with Crippen LogP contribution in [-0.2, 0) is 0 Å². The third-order valence-corrected chi connectivity index (χ3v) is 1.92. The minimum atomic E-state index is -6.35. The molecule has 0 aromatic carbocycles. The maximum absolute atomic E-state index is 12.5. The fourth-order valence-corrected chi connectivity index (χ4v) is 0.913. The van der Waals surface area contributed by atoms with E-state index in [-0.39, 0.29) is 0 Å². The van der Waals surface area contributed by atoms with Gasteiger partial charge in [0, 0.05) is 9.66 Å². The SMILES string of the molecule is OC/C(I)=C/C(F)(F)C(F)(F)C(F)(F)F. The van der Waals surface area contributed by atoms with Crippen LogP contribution in [0.25, 0.3) is 0 Å². The molecule has 0 bridgehead atoms. The Morgan fingerprint density at radius 2 is 1.47 bits per heavy atom. The molecule has 0 radical (unpaired) electrons. The van der Waals surface area contributed by atoms with Gasteiger partial charge in [-0.15, -0.1) is 0 Å². The Morgan fingerprint density at radius 3 is 1.73 bits per heavy atom. The second kappa shape index (κ2) is 4.44. The molecule has 0 saturated heterocycles. The van der Waals surface area contributed by atoms with Gasteiger partial charge in [0.2, 0.25) is 0 Å². The summed E-state index contributed by atoms with van der Waals surface area (Å²) in [5, 5.41) is 8.23. The average molecular weight is 352 g/mol. The van der Waals surface area contributed by atoms with Crippen LogP contribution < -0.4 is 0 Å².